The Morgan fingerprint density at radius 3 is 2.41 bits per heavy atom. The first-order valence-corrected chi connectivity index (χ1v) is 7.44. The molecular formula is C16H24ClFN2O2. The molecule has 0 spiro atoms. The van der Waals surface area contributed by atoms with Crippen molar-refractivity contribution in [2.24, 2.45) is 11.7 Å². The number of nitrogens with two attached hydrogens (primary N) is 1. The average molecular weight is 331 g/mol. The average Bonchev–Trinajstić information content (AvgIpc) is 2.47. The van der Waals surface area contributed by atoms with Crippen molar-refractivity contribution in [2.45, 2.75) is 38.3 Å². The van der Waals surface area contributed by atoms with Gasteiger partial charge in [0.1, 0.15) is 5.82 Å². The van der Waals surface area contributed by atoms with Crippen LogP contribution < -0.4 is 5.73 Å². The van der Waals surface area contributed by atoms with Crippen LogP contribution in [0.1, 0.15) is 37.9 Å². The van der Waals surface area contributed by atoms with Crippen molar-refractivity contribution in [3.8, 4) is 0 Å². The zero-order valence-electron chi connectivity index (χ0n) is 12.7. The van der Waals surface area contributed by atoms with Crippen LogP contribution in [0.15, 0.2) is 24.3 Å². The molecule has 6 heteroatoms. The van der Waals surface area contributed by atoms with E-state index in [-0.39, 0.29) is 36.1 Å². The lowest BCUT2D eigenvalue weighted by molar-refractivity contribution is -0.133. The van der Waals surface area contributed by atoms with E-state index < -0.39 is 6.10 Å². The third kappa shape index (κ3) is 4.93. The van der Waals surface area contributed by atoms with Gasteiger partial charge in [-0.2, -0.15) is 0 Å². The Balaban J connectivity index is 0.00000242. The van der Waals surface area contributed by atoms with Gasteiger partial charge in [-0.25, -0.2) is 4.39 Å². The molecule has 0 bridgehead atoms. The van der Waals surface area contributed by atoms with Gasteiger partial charge in [0.15, 0.2) is 0 Å². The summed E-state index contributed by atoms with van der Waals surface area (Å²) in [5, 5.41) is 10.4. The SMILES string of the molecule is CC(N)CC(=O)N1CCC(C(O)c2ccc(F)cc2)CC1.Cl. The molecule has 0 saturated carbocycles. The number of benzene rings is 1. The Morgan fingerprint density at radius 1 is 1.36 bits per heavy atom. The van der Waals surface area contributed by atoms with Crippen LogP contribution in [-0.4, -0.2) is 35.0 Å². The summed E-state index contributed by atoms with van der Waals surface area (Å²) >= 11 is 0. The van der Waals surface area contributed by atoms with Crippen molar-refractivity contribution in [1.29, 1.82) is 0 Å². The van der Waals surface area contributed by atoms with Gasteiger partial charge >= 0.3 is 0 Å². The Morgan fingerprint density at radius 2 is 1.91 bits per heavy atom. The Bertz CT molecular complexity index is 474. The fourth-order valence-electron chi connectivity index (χ4n) is 2.80. The second-order valence-electron chi connectivity index (χ2n) is 5.90. The highest BCUT2D eigenvalue weighted by Crippen LogP contribution is 2.30. The number of likely N-dealkylation sites (tertiary alicyclic amines) is 1. The predicted molar refractivity (Wildman–Crippen MR) is 86.2 cm³/mol. The molecule has 0 aliphatic carbocycles. The van der Waals surface area contributed by atoms with Gasteiger partial charge in [0, 0.05) is 25.6 Å². The van der Waals surface area contributed by atoms with E-state index in [2.05, 4.69) is 0 Å². The number of aliphatic hydroxyl groups excluding tert-OH is 1. The molecule has 1 aromatic carbocycles. The number of rotatable bonds is 4. The second kappa shape index (κ2) is 8.46. The lowest BCUT2D eigenvalue weighted by Crippen LogP contribution is -2.41. The fourth-order valence-corrected chi connectivity index (χ4v) is 2.80. The number of hydrogen-bond acceptors (Lipinski definition) is 3. The van der Waals surface area contributed by atoms with Crippen molar-refractivity contribution in [3.05, 3.63) is 35.6 Å². The summed E-state index contributed by atoms with van der Waals surface area (Å²) in [6.45, 7) is 3.12. The molecule has 2 atom stereocenters. The Hall–Kier alpha value is -1.17. The molecule has 1 amide bonds. The molecule has 2 unspecified atom stereocenters. The lowest BCUT2D eigenvalue weighted by Gasteiger charge is -2.34. The van der Waals surface area contributed by atoms with E-state index in [1.54, 1.807) is 12.1 Å². The third-order valence-corrected chi connectivity index (χ3v) is 4.05. The third-order valence-electron chi connectivity index (χ3n) is 4.05. The highest BCUT2D eigenvalue weighted by molar-refractivity contribution is 5.85. The topological polar surface area (TPSA) is 66.6 Å². The summed E-state index contributed by atoms with van der Waals surface area (Å²) in [4.78, 5) is 13.8. The van der Waals surface area contributed by atoms with Gasteiger partial charge in [-0.05, 0) is 43.4 Å². The van der Waals surface area contributed by atoms with Crippen molar-refractivity contribution in [3.63, 3.8) is 0 Å². The van der Waals surface area contributed by atoms with Gasteiger partial charge in [0.05, 0.1) is 6.10 Å². The molecule has 1 fully saturated rings. The standard InChI is InChI=1S/C16H23FN2O2.ClH/c1-11(18)10-15(20)19-8-6-13(7-9-19)16(21)12-2-4-14(17)5-3-12;/h2-5,11,13,16,21H,6-10,18H2,1H3;1H. The van der Waals surface area contributed by atoms with Gasteiger partial charge in [0.2, 0.25) is 5.91 Å². The van der Waals surface area contributed by atoms with Crippen molar-refractivity contribution >= 4 is 18.3 Å². The maximum atomic E-state index is 12.9. The molecule has 124 valence electrons. The molecule has 1 aliphatic rings. The van der Waals surface area contributed by atoms with Gasteiger partial charge in [-0.3, -0.25) is 4.79 Å². The summed E-state index contributed by atoms with van der Waals surface area (Å²) < 4.78 is 12.9. The molecule has 0 radical (unpaired) electrons. The second-order valence-corrected chi connectivity index (χ2v) is 5.90. The number of hydrogen-bond donors (Lipinski definition) is 2. The van der Waals surface area contributed by atoms with Crippen LogP contribution in [0.5, 0.6) is 0 Å². The van der Waals surface area contributed by atoms with E-state index >= 15 is 0 Å². The zero-order chi connectivity index (χ0) is 15.4. The van der Waals surface area contributed by atoms with E-state index in [4.69, 9.17) is 5.73 Å². The van der Waals surface area contributed by atoms with Crippen LogP contribution in [-0.2, 0) is 4.79 Å². The Kier molecular flexibility index (Phi) is 7.26. The quantitative estimate of drug-likeness (QED) is 0.890. The number of aliphatic hydroxyl groups is 1. The van der Waals surface area contributed by atoms with Crippen molar-refractivity contribution in [2.75, 3.05) is 13.1 Å². The van der Waals surface area contributed by atoms with E-state index in [0.717, 1.165) is 18.4 Å². The van der Waals surface area contributed by atoms with Gasteiger partial charge in [-0.1, -0.05) is 12.1 Å². The first-order valence-electron chi connectivity index (χ1n) is 7.44. The molecule has 1 aromatic rings. The van der Waals surface area contributed by atoms with Crippen LogP contribution in [0.2, 0.25) is 0 Å². The molecular weight excluding hydrogens is 307 g/mol. The van der Waals surface area contributed by atoms with Gasteiger partial charge in [-0.15, -0.1) is 12.4 Å². The minimum absolute atomic E-state index is 0. The highest BCUT2D eigenvalue weighted by atomic mass is 35.5. The highest BCUT2D eigenvalue weighted by Gasteiger charge is 2.28. The molecule has 4 nitrogen and oxygen atoms in total. The van der Waals surface area contributed by atoms with Crippen molar-refractivity contribution < 1.29 is 14.3 Å². The summed E-state index contributed by atoms with van der Waals surface area (Å²) in [7, 11) is 0. The fraction of sp³-hybridized carbons (Fsp3) is 0.562. The van der Waals surface area contributed by atoms with E-state index in [1.165, 1.54) is 12.1 Å². The number of halogens is 2. The van der Waals surface area contributed by atoms with E-state index in [9.17, 15) is 14.3 Å². The summed E-state index contributed by atoms with van der Waals surface area (Å²) in [5.41, 5.74) is 6.38. The van der Waals surface area contributed by atoms with E-state index in [0.29, 0.717) is 19.5 Å². The Labute approximate surface area is 136 Å². The van der Waals surface area contributed by atoms with Gasteiger partial charge in [0.25, 0.3) is 0 Å². The smallest absolute Gasteiger partial charge is 0.224 e. The van der Waals surface area contributed by atoms with Crippen LogP contribution in [0.3, 0.4) is 0 Å². The summed E-state index contributed by atoms with van der Waals surface area (Å²) in [5.74, 6) is -0.114. The summed E-state index contributed by atoms with van der Waals surface area (Å²) in [6, 6.07) is 5.83. The first-order chi connectivity index (χ1) is 9.97. The summed E-state index contributed by atoms with van der Waals surface area (Å²) in [6.07, 6.45) is 1.27. The molecule has 1 aliphatic heterocycles. The van der Waals surface area contributed by atoms with E-state index in [1.807, 2.05) is 11.8 Å². The number of piperidine rings is 1. The molecule has 0 aromatic heterocycles. The van der Waals surface area contributed by atoms with Crippen molar-refractivity contribution in [1.82, 2.24) is 4.90 Å². The van der Waals surface area contributed by atoms with Gasteiger partial charge < -0.3 is 15.7 Å². The molecule has 1 heterocycles. The number of carbonyl (C=O) groups is 1. The normalized spacial score (nSPS) is 18.5. The minimum atomic E-state index is -0.601. The van der Waals surface area contributed by atoms with Crippen LogP contribution in [0.4, 0.5) is 4.39 Å². The number of nitrogens with zero attached hydrogens (tertiary/aromatic N) is 1. The minimum Gasteiger partial charge on any atom is -0.388 e. The molecule has 2 rings (SSSR count). The predicted octanol–water partition coefficient (Wildman–Crippen LogP) is 2.26. The molecule has 22 heavy (non-hydrogen) atoms. The van der Waals surface area contributed by atoms with Crippen LogP contribution >= 0.6 is 12.4 Å². The number of carbonyl (C=O) groups excluding carboxylic acids is 1. The largest absolute Gasteiger partial charge is 0.388 e. The zero-order valence-corrected chi connectivity index (χ0v) is 13.6. The number of amides is 1. The molecule has 1 saturated heterocycles. The van der Waals surface area contributed by atoms with Crippen LogP contribution in [0.25, 0.3) is 0 Å². The monoisotopic (exact) mass is 330 g/mol. The molecule has 3 N–H and O–H groups in total. The first kappa shape index (κ1) is 18.9. The maximum absolute atomic E-state index is 12.9. The van der Waals surface area contributed by atoms with Crippen LogP contribution in [0, 0.1) is 11.7 Å². The maximum Gasteiger partial charge on any atom is 0.224 e. The lowest BCUT2D eigenvalue weighted by atomic mass is 9.87.